The van der Waals surface area contributed by atoms with E-state index in [-0.39, 0.29) is 11.5 Å². The average molecular weight is 461 g/mol. The van der Waals surface area contributed by atoms with E-state index in [4.69, 9.17) is 15.7 Å². The Bertz CT molecular complexity index is 1570. The van der Waals surface area contributed by atoms with Crippen molar-refractivity contribution in [2.45, 2.75) is 32.2 Å². The molecule has 5 aromatic rings. The minimum absolute atomic E-state index is 0.125. The Balaban J connectivity index is 1.20. The van der Waals surface area contributed by atoms with Crippen molar-refractivity contribution in [1.82, 2.24) is 19.5 Å². The first kappa shape index (κ1) is 20.6. The number of hydrogen-bond acceptors (Lipinski definition) is 5. The summed E-state index contributed by atoms with van der Waals surface area (Å²) >= 11 is 0. The van der Waals surface area contributed by atoms with Crippen LogP contribution in [0.3, 0.4) is 0 Å². The molecular weight excluding hydrogens is 432 g/mol. The zero-order valence-corrected chi connectivity index (χ0v) is 19.9. The second-order valence-corrected chi connectivity index (χ2v) is 10.1. The number of aromatic nitrogens is 4. The van der Waals surface area contributed by atoms with Crippen molar-refractivity contribution >= 4 is 27.9 Å². The quantitative estimate of drug-likeness (QED) is 0.396. The first-order chi connectivity index (χ1) is 17.1. The lowest BCUT2D eigenvalue weighted by Gasteiger charge is -2.42. The normalized spacial score (nSPS) is 19.0. The second kappa shape index (κ2) is 7.62. The lowest BCUT2D eigenvalue weighted by atomic mass is 9.73. The molecule has 2 N–H and O–H groups in total. The highest BCUT2D eigenvalue weighted by Crippen LogP contribution is 2.51. The monoisotopic (exact) mass is 460 g/mol. The van der Waals surface area contributed by atoms with Gasteiger partial charge in [0.1, 0.15) is 5.52 Å². The fraction of sp³-hybridized carbons (Fsp3) is 0.276. The Morgan fingerprint density at radius 1 is 0.914 bits per heavy atom. The standard InChI is InChI=1S/C29H28N6/c1-19-27(34-16-12-29(13-17-34)18-20-6-2-3-7-21(20)26(29)30)33-24-11-15-35(28(24)32-19)25-10-4-9-23-22(25)8-5-14-31-23/h2-11,14-15,26H,12-13,16-18,30H2,1H3/t26-/m1/s1. The number of pyridine rings is 1. The molecule has 7 rings (SSSR count). The summed E-state index contributed by atoms with van der Waals surface area (Å²) in [6.45, 7) is 3.99. The third-order valence-electron chi connectivity index (χ3n) is 8.20. The Hall–Kier alpha value is -3.77. The molecule has 2 aliphatic rings. The molecule has 6 heteroatoms. The number of piperidine rings is 1. The van der Waals surface area contributed by atoms with Crippen LogP contribution in [0.25, 0.3) is 27.8 Å². The minimum Gasteiger partial charge on any atom is -0.355 e. The Morgan fingerprint density at radius 3 is 2.63 bits per heavy atom. The van der Waals surface area contributed by atoms with Crippen LogP contribution < -0.4 is 10.6 Å². The lowest BCUT2D eigenvalue weighted by molar-refractivity contribution is 0.187. The van der Waals surface area contributed by atoms with E-state index in [1.54, 1.807) is 0 Å². The summed E-state index contributed by atoms with van der Waals surface area (Å²) in [5.41, 5.74) is 14.5. The van der Waals surface area contributed by atoms with E-state index in [1.807, 2.05) is 24.4 Å². The average Bonchev–Trinajstić information content (AvgIpc) is 3.42. The third-order valence-corrected chi connectivity index (χ3v) is 8.20. The van der Waals surface area contributed by atoms with E-state index in [0.29, 0.717) is 0 Å². The highest BCUT2D eigenvalue weighted by atomic mass is 15.2. The predicted molar refractivity (Wildman–Crippen MR) is 140 cm³/mol. The molecule has 0 radical (unpaired) electrons. The van der Waals surface area contributed by atoms with Gasteiger partial charge in [-0.25, -0.2) is 9.97 Å². The second-order valence-electron chi connectivity index (χ2n) is 10.1. The molecule has 0 bridgehead atoms. The van der Waals surface area contributed by atoms with E-state index in [0.717, 1.165) is 71.6 Å². The van der Waals surface area contributed by atoms with Gasteiger partial charge in [-0.15, -0.1) is 0 Å². The van der Waals surface area contributed by atoms with Gasteiger partial charge in [0.2, 0.25) is 0 Å². The lowest BCUT2D eigenvalue weighted by Crippen LogP contribution is -2.44. The molecule has 1 aliphatic heterocycles. The molecule has 6 nitrogen and oxygen atoms in total. The van der Waals surface area contributed by atoms with Gasteiger partial charge >= 0.3 is 0 Å². The first-order valence-corrected chi connectivity index (χ1v) is 12.4. The van der Waals surface area contributed by atoms with Crippen molar-refractivity contribution in [2.75, 3.05) is 18.0 Å². The molecule has 1 fully saturated rings. The number of benzene rings is 2. The maximum atomic E-state index is 6.79. The first-order valence-electron chi connectivity index (χ1n) is 12.4. The topological polar surface area (TPSA) is 72.9 Å². The largest absolute Gasteiger partial charge is 0.355 e. The maximum Gasteiger partial charge on any atom is 0.163 e. The Labute approximate surface area is 204 Å². The zero-order chi connectivity index (χ0) is 23.6. The van der Waals surface area contributed by atoms with Crippen LogP contribution in [0.4, 0.5) is 5.82 Å². The van der Waals surface area contributed by atoms with Gasteiger partial charge in [-0.3, -0.25) is 9.55 Å². The van der Waals surface area contributed by atoms with Gasteiger partial charge in [0.15, 0.2) is 11.5 Å². The summed E-state index contributed by atoms with van der Waals surface area (Å²) < 4.78 is 2.13. The number of hydrogen-bond donors (Lipinski definition) is 1. The van der Waals surface area contributed by atoms with Crippen molar-refractivity contribution in [2.24, 2.45) is 11.1 Å². The third kappa shape index (κ3) is 3.09. The predicted octanol–water partition coefficient (Wildman–Crippen LogP) is 5.12. The molecule has 174 valence electrons. The number of anilines is 1. The van der Waals surface area contributed by atoms with E-state index in [1.165, 1.54) is 11.1 Å². The molecule has 4 heterocycles. The van der Waals surface area contributed by atoms with Crippen LogP contribution in [0.1, 0.15) is 35.7 Å². The van der Waals surface area contributed by atoms with E-state index in [9.17, 15) is 0 Å². The number of aryl methyl sites for hydroxylation is 1. The molecular formula is C29H28N6. The van der Waals surface area contributed by atoms with E-state index >= 15 is 0 Å². The SMILES string of the molecule is Cc1nc2c(ccn2-c2cccc3ncccc23)nc1N1CCC2(CC1)Cc1ccccc1[C@H]2N. The molecule has 3 aromatic heterocycles. The Morgan fingerprint density at radius 2 is 1.77 bits per heavy atom. The van der Waals surface area contributed by atoms with Gasteiger partial charge in [-0.05, 0) is 73.1 Å². The summed E-state index contributed by atoms with van der Waals surface area (Å²) in [7, 11) is 0. The van der Waals surface area contributed by atoms with Crippen molar-refractivity contribution in [1.29, 1.82) is 0 Å². The van der Waals surface area contributed by atoms with Crippen LogP contribution in [-0.4, -0.2) is 32.6 Å². The summed E-state index contributed by atoms with van der Waals surface area (Å²) in [5, 5.41) is 1.10. The minimum atomic E-state index is 0.125. The summed E-state index contributed by atoms with van der Waals surface area (Å²) in [5.74, 6) is 0.994. The molecule has 1 aliphatic carbocycles. The fourth-order valence-electron chi connectivity index (χ4n) is 6.28. The molecule has 0 saturated carbocycles. The van der Waals surface area contributed by atoms with Gasteiger partial charge in [0, 0.05) is 36.9 Å². The highest BCUT2D eigenvalue weighted by molar-refractivity contribution is 5.89. The molecule has 1 atom stereocenters. The van der Waals surface area contributed by atoms with Crippen LogP contribution in [0.2, 0.25) is 0 Å². The molecule has 35 heavy (non-hydrogen) atoms. The Kier molecular flexibility index (Phi) is 4.48. The summed E-state index contributed by atoms with van der Waals surface area (Å²) in [4.78, 5) is 17.1. The highest BCUT2D eigenvalue weighted by Gasteiger charge is 2.46. The van der Waals surface area contributed by atoms with Crippen LogP contribution in [0, 0.1) is 12.3 Å². The number of fused-ring (bicyclic) bond motifs is 3. The molecule has 2 aromatic carbocycles. The van der Waals surface area contributed by atoms with E-state index in [2.05, 4.69) is 70.0 Å². The van der Waals surface area contributed by atoms with Crippen LogP contribution in [0.5, 0.6) is 0 Å². The van der Waals surface area contributed by atoms with E-state index < -0.39 is 0 Å². The van der Waals surface area contributed by atoms with Gasteiger partial charge in [0.25, 0.3) is 0 Å². The van der Waals surface area contributed by atoms with Gasteiger partial charge in [0.05, 0.1) is 16.9 Å². The van der Waals surface area contributed by atoms with Crippen molar-refractivity contribution in [3.63, 3.8) is 0 Å². The van der Waals surface area contributed by atoms with Crippen molar-refractivity contribution in [3.05, 3.63) is 89.9 Å². The molecule has 0 unspecified atom stereocenters. The van der Waals surface area contributed by atoms with Crippen LogP contribution >= 0.6 is 0 Å². The number of nitrogens with zero attached hydrogens (tertiary/aromatic N) is 5. The van der Waals surface area contributed by atoms with Crippen LogP contribution in [-0.2, 0) is 6.42 Å². The summed E-state index contributed by atoms with van der Waals surface area (Å²) in [6, 6.07) is 21.2. The van der Waals surface area contributed by atoms with Crippen molar-refractivity contribution < 1.29 is 0 Å². The molecule has 1 saturated heterocycles. The fourth-order valence-corrected chi connectivity index (χ4v) is 6.28. The van der Waals surface area contributed by atoms with Gasteiger partial charge < -0.3 is 10.6 Å². The van der Waals surface area contributed by atoms with Crippen LogP contribution in [0.15, 0.2) is 73.1 Å². The van der Waals surface area contributed by atoms with Gasteiger partial charge in [-0.1, -0.05) is 30.3 Å². The smallest absolute Gasteiger partial charge is 0.163 e. The zero-order valence-electron chi connectivity index (χ0n) is 19.9. The summed E-state index contributed by atoms with van der Waals surface area (Å²) in [6.07, 6.45) is 7.13. The molecule has 1 spiro atoms. The maximum absolute atomic E-state index is 6.79. The molecule has 0 amide bonds. The van der Waals surface area contributed by atoms with Gasteiger partial charge in [-0.2, -0.15) is 0 Å². The number of nitrogens with two attached hydrogens (primary N) is 1. The van der Waals surface area contributed by atoms with Crippen molar-refractivity contribution in [3.8, 4) is 5.69 Å². The number of rotatable bonds is 2.